The fourth-order valence-electron chi connectivity index (χ4n) is 3.28. The molecular weight excluding hydrogens is 266 g/mol. The largest absolute Gasteiger partial charge is 0.481 e. The van der Waals surface area contributed by atoms with Crippen LogP contribution in [0.5, 0.6) is 0 Å². The molecule has 3 rings (SSSR count). The first kappa shape index (κ1) is 13.6. The zero-order valence-corrected chi connectivity index (χ0v) is 11.8. The van der Waals surface area contributed by atoms with Crippen LogP contribution in [-0.2, 0) is 9.59 Å². The highest BCUT2D eigenvalue weighted by molar-refractivity contribution is 5.91. The van der Waals surface area contributed by atoms with E-state index in [0.717, 1.165) is 16.3 Å². The number of carboxylic acid groups (broad SMARTS) is 1. The molecule has 2 aromatic rings. The lowest BCUT2D eigenvalue weighted by molar-refractivity contribution is -0.142. The molecule has 2 unspecified atom stereocenters. The molecule has 1 amide bonds. The Bertz CT molecular complexity index is 705. The molecule has 1 heterocycles. The van der Waals surface area contributed by atoms with Crippen LogP contribution in [0.3, 0.4) is 0 Å². The van der Waals surface area contributed by atoms with E-state index >= 15 is 0 Å². The minimum atomic E-state index is -0.905. The number of hydrogen-bond acceptors (Lipinski definition) is 2. The second-order valence-corrected chi connectivity index (χ2v) is 5.34. The molecule has 21 heavy (non-hydrogen) atoms. The Kier molecular flexibility index (Phi) is 3.37. The second-order valence-electron chi connectivity index (χ2n) is 5.34. The van der Waals surface area contributed by atoms with Gasteiger partial charge in [0.05, 0.1) is 12.0 Å². The Balaban J connectivity index is 2.18. The molecule has 1 aliphatic heterocycles. The summed E-state index contributed by atoms with van der Waals surface area (Å²) in [6.07, 6.45) is 0.0804. The van der Waals surface area contributed by atoms with E-state index in [0.29, 0.717) is 6.54 Å². The number of carbonyl (C=O) groups is 2. The van der Waals surface area contributed by atoms with Crippen LogP contribution in [0.1, 0.15) is 24.9 Å². The predicted molar refractivity (Wildman–Crippen MR) is 79.8 cm³/mol. The number of carbonyl (C=O) groups excluding carboxylic acids is 1. The molecule has 0 aliphatic carbocycles. The van der Waals surface area contributed by atoms with Gasteiger partial charge < -0.3 is 10.0 Å². The van der Waals surface area contributed by atoms with Gasteiger partial charge in [0.2, 0.25) is 5.91 Å². The van der Waals surface area contributed by atoms with E-state index in [-0.39, 0.29) is 18.4 Å². The van der Waals surface area contributed by atoms with E-state index in [9.17, 15) is 14.7 Å². The number of nitrogens with zero attached hydrogens (tertiary/aromatic N) is 1. The maximum Gasteiger partial charge on any atom is 0.309 e. The van der Waals surface area contributed by atoms with E-state index in [4.69, 9.17) is 0 Å². The van der Waals surface area contributed by atoms with Crippen molar-refractivity contribution in [1.29, 1.82) is 0 Å². The topological polar surface area (TPSA) is 57.6 Å². The first-order valence-electron chi connectivity index (χ1n) is 7.13. The van der Waals surface area contributed by atoms with Crippen molar-refractivity contribution in [3.8, 4) is 0 Å². The third kappa shape index (κ3) is 2.17. The van der Waals surface area contributed by atoms with E-state index in [1.807, 2.05) is 49.4 Å². The lowest BCUT2D eigenvalue weighted by atomic mass is 9.90. The molecule has 0 radical (unpaired) electrons. The molecule has 1 N–H and O–H groups in total. The molecule has 108 valence electrons. The molecule has 0 spiro atoms. The minimum absolute atomic E-state index is 0.0804. The average molecular weight is 283 g/mol. The highest BCUT2D eigenvalue weighted by Crippen LogP contribution is 2.40. The molecule has 0 saturated carbocycles. The zero-order chi connectivity index (χ0) is 15.0. The van der Waals surface area contributed by atoms with Gasteiger partial charge in [0.25, 0.3) is 0 Å². The van der Waals surface area contributed by atoms with E-state index in [2.05, 4.69) is 0 Å². The van der Waals surface area contributed by atoms with Crippen LogP contribution in [-0.4, -0.2) is 28.4 Å². The normalized spacial score (nSPS) is 22.0. The number of likely N-dealkylation sites (tertiary alicyclic amines) is 1. The van der Waals surface area contributed by atoms with Gasteiger partial charge in [-0.3, -0.25) is 9.59 Å². The van der Waals surface area contributed by atoms with Gasteiger partial charge in [-0.1, -0.05) is 42.5 Å². The number of carboxylic acids is 1. The van der Waals surface area contributed by atoms with Crippen LogP contribution in [0.2, 0.25) is 0 Å². The van der Waals surface area contributed by atoms with Crippen molar-refractivity contribution in [2.24, 2.45) is 5.92 Å². The summed E-state index contributed by atoms with van der Waals surface area (Å²) >= 11 is 0. The fourth-order valence-corrected chi connectivity index (χ4v) is 3.28. The van der Waals surface area contributed by atoms with E-state index < -0.39 is 11.9 Å². The summed E-state index contributed by atoms with van der Waals surface area (Å²) in [6, 6.07) is 13.4. The van der Waals surface area contributed by atoms with Gasteiger partial charge in [-0.05, 0) is 23.3 Å². The summed E-state index contributed by atoms with van der Waals surface area (Å²) in [7, 11) is 0. The van der Waals surface area contributed by atoms with Crippen LogP contribution in [0, 0.1) is 5.92 Å². The molecule has 1 fully saturated rings. The second kappa shape index (κ2) is 5.20. The molecule has 2 aromatic carbocycles. The maximum absolute atomic E-state index is 12.1. The summed E-state index contributed by atoms with van der Waals surface area (Å²) in [5.41, 5.74) is 0.924. The van der Waals surface area contributed by atoms with Crippen LogP contribution in [0.25, 0.3) is 10.8 Å². The van der Waals surface area contributed by atoms with Gasteiger partial charge in [-0.15, -0.1) is 0 Å². The number of hydrogen-bond donors (Lipinski definition) is 1. The number of rotatable bonds is 3. The highest BCUT2D eigenvalue weighted by atomic mass is 16.4. The molecule has 1 aliphatic rings. The van der Waals surface area contributed by atoms with Crippen molar-refractivity contribution in [2.45, 2.75) is 19.4 Å². The Morgan fingerprint density at radius 2 is 1.95 bits per heavy atom. The first-order chi connectivity index (χ1) is 10.1. The average Bonchev–Trinajstić information content (AvgIpc) is 2.83. The lowest BCUT2D eigenvalue weighted by Gasteiger charge is -2.27. The summed E-state index contributed by atoms with van der Waals surface area (Å²) < 4.78 is 0. The van der Waals surface area contributed by atoms with Crippen molar-refractivity contribution >= 4 is 22.6 Å². The molecular formula is C17H17NO3. The monoisotopic (exact) mass is 283 g/mol. The van der Waals surface area contributed by atoms with Crippen molar-refractivity contribution in [2.75, 3.05) is 6.54 Å². The standard InChI is InChI=1S/C17H17NO3/c1-2-18-15(19)10-14(17(20)21)16(18)13-9-5-7-11-6-3-4-8-12(11)13/h3-9,14,16H,2,10H2,1H3,(H,20,21). The van der Waals surface area contributed by atoms with Gasteiger partial charge in [-0.25, -0.2) is 0 Å². The smallest absolute Gasteiger partial charge is 0.309 e. The summed E-state index contributed by atoms with van der Waals surface area (Å²) in [6.45, 7) is 2.41. The molecule has 4 nitrogen and oxygen atoms in total. The van der Waals surface area contributed by atoms with E-state index in [1.165, 1.54) is 0 Å². The van der Waals surface area contributed by atoms with Gasteiger partial charge >= 0.3 is 5.97 Å². The molecule has 0 aromatic heterocycles. The molecule has 0 bridgehead atoms. The minimum Gasteiger partial charge on any atom is -0.481 e. The fraction of sp³-hybridized carbons (Fsp3) is 0.294. The summed E-state index contributed by atoms with van der Waals surface area (Å²) in [4.78, 5) is 25.3. The SMILES string of the molecule is CCN1C(=O)CC(C(=O)O)C1c1cccc2ccccc12. The van der Waals surface area contributed by atoms with Gasteiger partial charge in [0.1, 0.15) is 0 Å². The first-order valence-corrected chi connectivity index (χ1v) is 7.13. The number of aliphatic carboxylic acids is 1. The van der Waals surface area contributed by atoms with Crippen LogP contribution in [0.4, 0.5) is 0 Å². The summed E-state index contributed by atoms with van der Waals surface area (Å²) in [5.74, 6) is -1.66. The number of amides is 1. The Morgan fingerprint density at radius 1 is 1.24 bits per heavy atom. The number of fused-ring (bicyclic) bond motifs is 1. The van der Waals surface area contributed by atoms with Crippen LogP contribution < -0.4 is 0 Å². The third-order valence-electron chi connectivity index (χ3n) is 4.23. The predicted octanol–water partition coefficient (Wildman–Crippen LogP) is 2.83. The van der Waals surface area contributed by atoms with Gasteiger partial charge in [0, 0.05) is 13.0 Å². The third-order valence-corrected chi connectivity index (χ3v) is 4.23. The van der Waals surface area contributed by atoms with Gasteiger partial charge in [0.15, 0.2) is 0 Å². The number of benzene rings is 2. The summed E-state index contributed by atoms with van der Waals surface area (Å²) in [5, 5.41) is 11.6. The Labute approximate surface area is 123 Å². The highest BCUT2D eigenvalue weighted by Gasteiger charge is 2.44. The van der Waals surface area contributed by atoms with Gasteiger partial charge in [-0.2, -0.15) is 0 Å². The van der Waals surface area contributed by atoms with Crippen molar-refractivity contribution in [3.05, 3.63) is 48.0 Å². The zero-order valence-electron chi connectivity index (χ0n) is 11.8. The molecule has 4 heteroatoms. The van der Waals surface area contributed by atoms with Crippen molar-refractivity contribution in [3.63, 3.8) is 0 Å². The van der Waals surface area contributed by atoms with Crippen LogP contribution in [0.15, 0.2) is 42.5 Å². The quantitative estimate of drug-likeness (QED) is 0.942. The van der Waals surface area contributed by atoms with Crippen LogP contribution >= 0.6 is 0 Å². The van der Waals surface area contributed by atoms with E-state index in [1.54, 1.807) is 4.90 Å². The van der Waals surface area contributed by atoms with Crippen molar-refractivity contribution in [1.82, 2.24) is 4.90 Å². The molecule has 2 atom stereocenters. The lowest BCUT2D eigenvalue weighted by Crippen LogP contribution is -2.30. The molecule has 1 saturated heterocycles. The Hall–Kier alpha value is -2.36. The maximum atomic E-state index is 12.1. The Morgan fingerprint density at radius 3 is 2.67 bits per heavy atom. The van der Waals surface area contributed by atoms with Crippen molar-refractivity contribution < 1.29 is 14.7 Å².